The molecule has 0 radical (unpaired) electrons. The Morgan fingerprint density at radius 3 is 2.21 bits per heavy atom. The largest absolute Gasteiger partial charge is 0.481 e. The Hall–Kier alpha value is -2.41. The van der Waals surface area contributed by atoms with E-state index in [-0.39, 0.29) is 0 Å². The van der Waals surface area contributed by atoms with Crippen molar-refractivity contribution < 1.29 is 24.6 Å². The van der Waals surface area contributed by atoms with Gasteiger partial charge in [-0.2, -0.15) is 0 Å². The summed E-state index contributed by atoms with van der Waals surface area (Å²) >= 11 is 0. The first-order valence-corrected chi connectivity index (χ1v) is 5.47. The van der Waals surface area contributed by atoms with Gasteiger partial charge in [0.1, 0.15) is 12.1 Å². The molecule has 0 aliphatic rings. The molecule has 0 aliphatic heterocycles. The van der Waals surface area contributed by atoms with E-state index in [4.69, 9.17) is 15.9 Å². The fourth-order valence-electron chi connectivity index (χ4n) is 1.45. The normalized spacial score (nSPS) is 13.3. The van der Waals surface area contributed by atoms with Gasteiger partial charge in [0, 0.05) is 0 Å². The van der Waals surface area contributed by atoms with Gasteiger partial charge in [-0.3, -0.25) is 9.59 Å². The number of hydrogen-bond donors (Lipinski definition) is 4. The minimum Gasteiger partial charge on any atom is -0.481 e. The van der Waals surface area contributed by atoms with E-state index in [1.165, 1.54) is 0 Å². The maximum atomic E-state index is 11.7. The second kappa shape index (κ2) is 6.50. The van der Waals surface area contributed by atoms with Gasteiger partial charge in [-0.15, -0.1) is 0 Å². The Morgan fingerprint density at radius 1 is 1.16 bits per heavy atom. The molecule has 0 spiro atoms. The zero-order chi connectivity index (χ0) is 14.4. The van der Waals surface area contributed by atoms with Crippen LogP contribution in [0.3, 0.4) is 0 Å². The number of carbonyl (C=O) groups excluding carboxylic acids is 1. The zero-order valence-electron chi connectivity index (χ0n) is 9.95. The first-order chi connectivity index (χ1) is 8.91. The molecule has 19 heavy (non-hydrogen) atoms. The highest BCUT2D eigenvalue weighted by atomic mass is 16.4. The molecule has 0 aromatic heterocycles. The van der Waals surface area contributed by atoms with Crippen LogP contribution in [0.5, 0.6) is 0 Å². The van der Waals surface area contributed by atoms with E-state index in [1.807, 2.05) is 0 Å². The van der Waals surface area contributed by atoms with Gasteiger partial charge in [0.25, 0.3) is 0 Å². The lowest BCUT2D eigenvalue weighted by Gasteiger charge is -2.16. The molecular weight excluding hydrogens is 252 g/mol. The van der Waals surface area contributed by atoms with Gasteiger partial charge in [0.15, 0.2) is 0 Å². The molecule has 0 bridgehead atoms. The summed E-state index contributed by atoms with van der Waals surface area (Å²) in [5.41, 5.74) is 6.18. The number of aliphatic carboxylic acids is 2. The van der Waals surface area contributed by atoms with E-state index < -0.39 is 36.4 Å². The van der Waals surface area contributed by atoms with Crippen LogP contribution in [-0.2, 0) is 14.4 Å². The van der Waals surface area contributed by atoms with Crippen LogP contribution >= 0.6 is 0 Å². The summed E-state index contributed by atoms with van der Waals surface area (Å²) in [6.45, 7) is 0. The number of nitrogens with one attached hydrogen (secondary N) is 1. The monoisotopic (exact) mass is 266 g/mol. The number of carboxylic acids is 2. The molecule has 0 fully saturated rings. The molecule has 1 aromatic carbocycles. The molecule has 2 atom stereocenters. The summed E-state index contributed by atoms with van der Waals surface area (Å²) in [6.07, 6.45) is -0.706. The van der Waals surface area contributed by atoms with Gasteiger partial charge < -0.3 is 21.3 Å². The summed E-state index contributed by atoms with van der Waals surface area (Å²) < 4.78 is 0. The van der Waals surface area contributed by atoms with E-state index in [1.54, 1.807) is 30.3 Å². The van der Waals surface area contributed by atoms with Crippen molar-refractivity contribution in [2.24, 2.45) is 5.73 Å². The molecule has 1 aromatic rings. The molecule has 7 heteroatoms. The van der Waals surface area contributed by atoms with Gasteiger partial charge in [-0.05, 0) is 5.56 Å². The van der Waals surface area contributed by atoms with Crippen molar-refractivity contribution in [3.05, 3.63) is 35.9 Å². The molecule has 0 saturated heterocycles. The van der Waals surface area contributed by atoms with Crippen LogP contribution in [0.4, 0.5) is 0 Å². The van der Waals surface area contributed by atoms with E-state index in [9.17, 15) is 14.4 Å². The molecule has 0 saturated carbocycles. The predicted molar refractivity (Wildman–Crippen MR) is 65.2 cm³/mol. The van der Waals surface area contributed by atoms with Crippen molar-refractivity contribution in [1.29, 1.82) is 0 Å². The average molecular weight is 266 g/mol. The van der Waals surface area contributed by atoms with Crippen LogP contribution in [0.15, 0.2) is 30.3 Å². The summed E-state index contributed by atoms with van der Waals surface area (Å²) in [4.78, 5) is 33.0. The molecule has 0 aliphatic carbocycles. The van der Waals surface area contributed by atoms with Gasteiger partial charge >= 0.3 is 11.9 Å². The quantitative estimate of drug-likeness (QED) is 0.560. The van der Waals surface area contributed by atoms with Crippen molar-refractivity contribution in [1.82, 2.24) is 5.32 Å². The number of rotatable bonds is 6. The Balaban J connectivity index is 2.72. The van der Waals surface area contributed by atoms with Crippen molar-refractivity contribution in [2.75, 3.05) is 0 Å². The lowest BCUT2D eigenvalue weighted by atomic mass is 10.1. The van der Waals surface area contributed by atoms with Crippen molar-refractivity contribution in [2.45, 2.75) is 18.5 Å². The number of amides is 1. The number of carboxylic acid groups (broad SMARTS) is 2. The third-order valence-electron chi connectivity index (χ3n) is 2.43. The smallest absolute Gasteiger partial charge is 0.326 e. The number of benzene rings is 1. The summed E-state index contributed by atoms with van der Waals surface area (Å²) in [6, 6.07) is 5.83. The summed E-state index contributed by atoms with van der Waals surface area (Å²) in [7, 11) is 0. The maximum Gasteiger partial charge on any atom is 0.326 e. The Labute approximate surface area is 109 Å². The van der Waals surface area contributed by atoms with Gasteiger partial charge in [-0.25, -0.2) is 4.79 Å². The van der Waals surface area contributed by atoms with E-state index in [0.29, 0.717) is 5.56 Å². The third kappa shape index (κ3) is 4.40. The molecule has 102 valence electrons. The lowest BCUT2D eigenvalue weighted by molar-refractivity contribution is -0.147. The van der Waals surface area contributed by atoms with Gasteiger partial charge in [-0.1, -0.05) is 30.3 Å². The van der Waals surface area contributed by atoms with E-state index in [2.05, 4.69) is 5.32 Å². The first-order valence-electron chi connectivity index (χ1n) is 5.47. The molecule has 1 amide bonds. The average Bonchev–Trinajstić information content (AvgIpc) is 2.37. The van der Waals surface area contributed by atoms with Crippen molar-refractivity contribution >= 4 is 17.8 Å². The van der Waals surface area contributed by atoms with Gasteiger partial charge in [0.2, 0.25) is 5.91 Å². The van der Waals surface area contributed by atoms with Crippen LogP contribution in [0.2, 0.25) is 0 Å². The second-order valence-corrected chi connectivity index (χ2v) is 3.89. The number of carbonyl (C=O) groups is 3. The second-order valence-electron chi connectivity index (χ2n) is 3.89. The molecule has 0 heterocycles. The fourth-order valence-corrected chi connectivity index (χ4v) is 1.45. The van der Waals surface area contributed by atoms with Crippen LogP contribution in [0.1, 0.15) is 18.0 Å². The zero-order valence-corrected chi connectivity index (χ0v) is 9.95. The Bertz CT molecular complexity index is 474. The highest BCUT2D eigenvalue weighted by Crippen LogP contribution is 2.10. The summed E-state index contributed by atoms with van der Waals surface area (Å²) in [5.74, 6) is -3.48. The molecule has 1 rings (SSSR count). The molecular formula is C12H14N2O5. The topological polar surface area (TPSA) is 130 Å². The minimum absolute atomic E-state index is 0.513. The van der Waals surface area contributed by atoms with Crippen LogP contribution in [0, 0.1) is 0 Å². The van der Waals surface area contributed by atoms with Crippen molar-refractivity contribution in [3.63, 3.8) is 0 Å². The Morgan fingerprint density at radius 2 is 1.74 bits per heavy atom. The SMILES string of the molecule is NC(C(=O)NC(CC(=O)O)C(=O)O)c1ccccc1. The van der Waals surface area contributed by atoms with Gasteiger partial charge in [0.05, 0.1) is 6.42 Å². The summed E-state index contributed by atoms with van der Waals surface area (Å²) in [5, 5.41) is 19.5. The maximum absolute atomic E-state index is 11.7. The van der Waals surface area contributed by atoms with Crippen LogP contribution in [0.25, 0.3) is 0 Å². The number of nitrogens with two attached hydrogens (primary N) is 1. The molecule has 2 unspecified atom stereocenters. The lowest BCUT2D eigenvalue weighted by Crippen LogP contribution is -2.45. The highest BCUT2D eigenvalue weighted by Gasteiger charge is 2.26. The number of hydrogen-bond acceptors (Lipinski definition) is 4. The standard InChI is InChI=1S/C12H14N2O5/c13-10(7-4-2-1-3-5-7)11(17)14-8(12(18)19)6-9(15)16/h1-5,8,10H,6,13H2,(H,14,17)(H,15,16)(H,18,19). The van der Waals surface area contributed by atoms with Crippen molar-refractivity contribution in [3.8, 4) is 0 Å². The van der Waals surface area contributed by atoms with E-state index >= 15 is 0 Å². The predicted octanol–water partition coefficient (Wildman–Crippen LogP) is -0.269. The first kappa shape index (κ1) is 14.7. The van der Waals surface area contributed by atoms with Crippen LogP contribution < -0.4 is 11.1 Å². The third-order valence-corrected chi connectivity index (χ3v) is 2.43. The van der Waals surface area contributed by atoms with E-state index in [0.717, 1.165) is 0 Å². The molecule has 5 N–H and O–H groups in total. The van der Waals surface area contributed by atoms with Crippen LogP contribution in [-0.4, -0.2) is 34.1 Å². The molecule has 7 nitrogen and oxygen atoms in total. The highest BCUT2D eigenvalue weighted by molar-refractivity contribution is 5.89. The minimum atomic E-state index is -1.50. The Kier molecular flexibility index (Phi) is 5.01. The fraction of sp³-hybridized carbons (Fsp3) is 0.250.